The van der Waals surface area contributed by atoms with E-state index in [1.807, 2.05) is 0 Å². The highest BCUT2D eigenvalue weighted by atomic mass is 32.2. The van der Waals surface area contributed by atoms with Gasteiger partial charge in [-0.1, -0.05) is 0 Å². The maximum absolute atomic E-state index is 11.5. The van der Waals surface area contributed by atoms with Crippen LogP contribution in [0.4, 0.5) is 0 Å². The zero-order valence-electron chi connectivity index (χ0n) is 9.74. The van der Waals surface area contributed by atoms with Crippen LogP contribution in [0, 0.1) is 12.3 Å². The van der Waals surface area contributed by atoms with E-state index in [1.165, 1.54) is 0 Å². The van der Waals surface area contributed by atoms with Crippen molar-refractivity contribution in [3.63, 3.8) is 0 Å². The summed E-state index contributed by atoms with van der Waals surface area (Å²) in [6, 6.07) is -0.263. The summed E-state index contributed by atoms with van der Waals surface area (Å²) in [6.45, 7) is 0.972. The molecule has 1 fully saturated rings. The number of amides is 1. The van der Waals surface area contributed by atoms with Gasteiger partial charge < -0.3 is 10.6 Å². The molecule has 0 bridgehead atoms. The summed E-state index contributed by atoms with van der Waals surface area (Å²) in [4.78, 5) is 11.5. The first-order valence-electron chi connectivity index (χ1n) is 5.67. The molecule has 0 spiro atoms. The van der Waals surface area contributed by atoms with E-state index in [0.29, 0.717) is 19.5 Å². The van der Waals surface area contributed by atoms with Crippen LogP contribution in [-0.4, -0.2) is 45.0 Å². The minimum Gasteiger partial charge on any atom is -0.356 e. The molecule has 17 heavy (non-hydrogen) atoms. The van der Waals surface area contributed by atoms with Gasteiger partial charge in [-0.3, -0.25) is 4.79 Å². The van der Waals surface area contributed by atoms with Crippen molar-refractivity contribution in [3.8, 4) is 12.3 Å². The Balaban J connectivity index is 2.24. The fourth-order valence-corrected chi connectivity index (χ4v) is 3.16. The third-order valence-corrected chi connectivity index (χ3v) is 4.29. The lowest BCUT2D eigenvalue weighted by atomic mass is 10.2. The third kappa shape index (κ3) is 5.71. The van der Waals surface area contributed by atoms with Crippen LogP contribution in [0.25, 0.3) is 0 Å². The average Bonchev–Trinajstić information content (AvgIpc) is 2.23. The van der Waals surface area contributed by atoms with Gasteiger partial charge in [0.2, 0.25) is 5.91 Å². The topological polar surface area (TPSA) is 75.3 Å². The monoisotopic (exact) mass is 258 g/mol. The minimum atomic E-state index is -2.98. The van der Waals surface area contributed by atoms with Gasteiger partial charge in [0.05, 0.1) is 11.5 Å². The van der Waals surface area contributed by atoms with Crippen LogP contribution < -0.4 is 10.6 Å². The van der Waals surface area contributed by atoms with E-state index in [9.17, 15) is 13.2 Å². The first-order valence-corrected chi connectivity index (χ1v) is 7.49. The SMILES string of the molecule is C#CCCCNC(=O)CC1CS(=O)(=O)CCN1. The molecular weight excluding hydrogens is 240 g/mol. The number of hydrogen-bond donors (Lipinski definition) is 2. The molecule has 1 aliphatic rings. The van der Waals surface area contributed by atoms with Crippen LogP contribution in [0.2, 0.25) is 0 Å². The van der Waals surface area contributed by atoms with Crippen LogP contribution in [-0.2, 0) is 14.6 Å². The molecule has 0 aliphatic carbocycles. The highest BCUT2D eigenvalue weighted by molar-refractivity contribution is 7.91. The van der Waals surface area contributed by atoms with Gasteiger partial charge >= 0.3 is 0 Å². The molecule has 0 radical (unpaired) electrons. The zero-order valence-corrected chi connectivity index (χ0v) is 10.6. The molecule has 5 nitrogen and oxygen atoms in total. The Morgan fingerprint density at radius 1 is 1.53 bits per heavy atom. The van der Waals surface area contributed by atoms with E-state index in [0.717, 1.165) is 6.42 Å². The Morgan fingerprint density at radius 3 is 2.94 bits per heavy atom. The predicted octanol–water partition coefficient (Wildman–Crippen LogP) is -0.707. The lowest BCUT2D eigenvalue weighted by molar-refractivity contribution is -0.121. The van der Waals surface area contributed by atoms with Crippen LogP contribution in [0.3, 0.4) is 0 Å². The van der Waals surface area contributed by atoms with Crippen molar-refractivity contribution < 1.29 is 13.2 Å². The fourth-order valence-electron chi connectivity index (χ4n) is 1.71. The highest BCUT2D eigenvalue weighted by Gasteiger charge is 2.25. The van der Waals surface area contributed by atoms with Crippen molar-refractivity contribution in [1.82, 2.24) is 10.6 Å². The Morgan fingerprint density at radius 2 is 2.29 bits per heavy atom. The average molecular weight is 258 g/mol. The summed E-state index contributed by atoms with van der Waals surface area (Å²) in [5.74, 6) is 2.57. The minimum absolute atomic E-state index is 0.0464. The number of hydrogen-bond acceptors (Lipinski definition) is 4. The van der Waals surface area contributed by atoms with Gasteiger partial charge in [0.15, 0.2) is 9.84 Å². The highest BCUT2D eigenvalue weighted by Crippen LogP contribution is 2.04. The number of rotatable bonds is 5. The molecule has 0 saturated carbocycles. The van der Waals surface area contributed by atoms with Crippen LogP contribution in [0.1, 0.15) is 19.3 Å². The second-order valence-corrected chi connectivity index (χ2v) is 6.36. The molecule has 1 heterocycles. The first kappa shape index (κ1) is 14.0. The van der Waals surface area contributed by atoms with Crippen LogP contribution in [0.15, 0.2) is 0 Å². The second-order valence-electron chi connectivity index (χ2n) is 4.13. The smallest absolute Gasteiger partial charge is 0.221 e. The maximum Gasteiger partial charge on any atom is 0.221 e. The zero-order chi connectivity index (χ0) is 12.7. The van der Waals surface area contributed by atoms with Crippen molar-refractivity contribution in [3.05, 3.63) is 0 Å². The first-order chi connectivity index (χ1) is 8.03. The summed E-state index contributed by atoms with van der Waals surface area (Å²) in [5.41, 5.74) is 0. The van der Waals surface area contributed by atoms with E-state index in [4.69, 9.17) is 6.42 Å². The number of terminal acetylenes is 1. The summed E-state index contributed by atoms with van der Waals surface area (Å²) >= 11 is 0. The van der Waals surface area contributed by atoms with E-state index >= 15 is 0 Å². The molecule has 1 aliphatic heterocycles. The van der Waals surface area contributed by atoms with Crippen LogP contribution in [0.5, 0.6) is 0 Å². The fraction of sp³-hybridized carbons (Fsp3) is 0.727. The van der Waals surface area contributed by atoms with Crippen molar-refractivity contribution >= 4 is 15.7 Å². The lowest BCUT2D eigenvalue weighted by Crippen LogP contribution is -2.47. The Labute approximate surface area is 102 Å². The van der Waals surface area contributed by atoms with Crippen molar-refractivity contribution in [2.45, 2.75) is 25.3 Å². The largest absolute Gasteiger partial charge is 0.356 e. The Kier molecular flexibility index (Phi) is 5.45. The number of nitrogens with one attached hydrogen (secondary N) is 2. The molecule has 1 rings (SSSR count). The third-order valence-electron chi connectivity index (χ3n) is 2.55. The number of carbonyl (C=O) groups is 1. The van der Waals surface area contributed by atoms with Gasteiger partial charge in [0.25, 0.3) is 0 Å². The second kappa shape index (κ2) is 6.62. The molecule has 0 aromatic heterocycles. The lowest BCUT2D eigenvalue weighted by Gasteiger charge is -2.23. The standard InChI is InChI=1S/C11H18N2O3S/c1-2-3-4-5-13-11(14)8-10-9-17(15,16)7-6-12-10/h1,10,12H,3-9H2,(H,13,14). The van der Waals surface area contributed by atoms with Crippen molar-refractivity contribution in [1.29, 1.82) is 0 Å². The maximum atomic E-state index is 11.5. The van der Waals surface area contributed by atoms with Gasteiger partial charge in [-0.15, -0.1) is 12.3 Å². The Hall–Kier alpha value is -1.06. The molecule has 6 heteroatoms. The van der Waals surface area contributed by atoms with Gasteiger partial charge in [-0.2, -0.15) is 0 Å². The van der Waals surface area contributed by atoms with E-state index in [2.05, 4.69) is 16.6 Å². The quantitative estimate of drug-likeness (QED) is 0.505. The molecule has 0 aromatic rings. The molecule has 96 valence electrons. The normalized spacial score (nSPS) is 22.6. The number of sulfone groups is 1. The molecule has 1 unspecified atom stereocenters. The molecule has 1 atom stereocenters. The van der Waals surface area contributed by atoms with E-state index < -0.39 is 9.84 Å². The summed E-state index contributed by atoms with van der Waals surface area (Å²) in [5, 5.41) is 5.76. The molecule has 0 aromatic carbocycles. The van der Waals surface area contributed by atoms with Gasteiger partial charge in [-0.05, 0) is 6.42 Å². The number of unbranched alkanes of at least 4 members (excludes halogenated alkanes) is 1. The van der Waals surface area contributed by atoms with E-state index in [1.54, 1.807) is 0 Å². The molecule has 2 N–H and O–H groups in total. The van der Waals surface area contributed by atoms with Crippen LogP contribution >= 0.6 is 0 Å². The summed E-state index contributed by atoms with van der Waals surface area (Å²) in [6.07, 6.45) is 6.67. The molecule has 1 amide bonds. The summed E-state index contributed by atoms with van der Waals surface area (Å²) in [7, 11) is -2.98. The number of carbonyl (C=O) groups excluding carboxylic acids is 1. The molecule has 1 saturated heterocycles. The van der Waals surface area contributed by atoms with Gasteiger partial charge in [0.1, 0.15) is 0 Å². The van der Waals surface area contributed by atoms with Gasteiger partial charge in [0, 0.05) is 32.0 Å². The van der Waals surface area contributed by atoms with Gasteiger partial charge in [-0.25, -0.2) is 8.42 Å². The molecular formula is C11H18N2O3S. The predicted molar refractivity (Wildman–Crippen MR) is 66.1 cm³/mol. The summed E-state index contributed by atoms with van der Waals surface area (Å²) < 4.78 is 22.7. The van der Waals surface area contributed by atoms with Crippen molar-refractivity contribution in [2.24, 2.45) is 0 Å². The van der Waals surface area contributed by atoms with E-state index in [-0.39, 0.29) is 29.9 Å². The van der Waals surface area contributed by atoms with Crippen molar-refractivity contribution in [2.75, 3.05) is 24.6 Å². The Bertz CT molecular complexity index is 397.